The fourth-order valence-electron chi connectivity index (χ4n) is 2.96. The number of pyridine rings is 2. The number of amides is 1. The molecule has 0 radical (unpaired) electrons. The fourth-order valence-corrected chi connectivity index (χ4v) is 2.96. The summed E-state index contributed by atoms with van der Waals surface area (Å²) >= 11 is 0. The molecule has 1 fully saturated rings. The van der Waals surface area contributed by atoms with E-state index in [2.05, 4.69) is 31.9 Å². The molecule has 1 aliphatic heterocycles. The number of morpholine rings is 1. The first-order valence-corrected chi connectivity index (χ1v) is 9.01. The van der Waals surface area contributed by atoms with E-state index in [4.69, 9.17) is 4.74 Å². The molecule has 0 unspecified atom stereocenters. The number of nitrogens with one attached hydrogen (secondary N) is 1. The molecule has 1 aliphatic rings. The van der Waals surface area contributed by atoms with Crippen LogP contribution in [0.2, 0.25) is 0 Å². The summed E-state index contributed by atoms with van der Waals surface area (Å²) in [6, 6.07) is 3.59. The molecule has 0 saturated carbocycles. The number of carbonyl (C=O) groups excluding carboxylic acids is 1. The Kier molecular flexibility index (Phi) is 6.33. The number of ether oxygens (including phenoxy) is 1. The average molecular weight is 381 g/mol. The van der Waals surface area contributed by atoms with Gasteiger partial charge in [-0.15, -0.1) is 0 Å². The van der Waals surface area contributed by atoms with E-state index in [1.165, 1.54) is 6.20 Å². The second kappa shape index (κ2) is 9.09. The fraction of sp³-hybridized carbons (Fsp3) is 0.300. The molecule has 146 valence electrons. The Morgan fingerprint density at radius 3 is 2.93 bits per heavy atom. The van der Waals surface area contributed by atoms with E-state index in [-0.39, 0.29) is 18.0 Å². The summed E-state index contributed by atoms with van der Waals surface area (Å²) in [5.41, 5.74) is 1.27. The van der Waals surface area contributed by atoms with Gasteiger partial charge in [-0.2, -0.15) is 0 Å². The lowest BCUT2D eigenvalue weighted by molar-refractivity contribution is 0.0949. The Balaban J connectivity index is 1.80. The molecule has 1 amide bonds. The van der Waals surface area contributed by atoms with Gasteiger partial charge in [0.25, 0.3) is 5.91 Å². The third kappa shape index (κ3) is 4.34. The molecule has 0 aromatic carbocycles. The zero-order chi connectivity index (χ0) is 19.9. The molecule has 3 rings (SSSR count). The van der Waals surface area contributed by atoms with Gasteiger partial charge < -0.3 is 20.1 Å². The van der Waals surface area contributed by atoms with E-state index >= 15 is 0 Å². The topological polar surface area (TPSA) is 99.9 Å². The van der Waals surface area contributed by atoms with Crippen molar-refractivity contribution in [1.29, 1.82) is 0 Å². The van der Waals surface area contributed by atoms with Gasteiger partial charge >= 0.3 is 0 Å². The minimum Gasteiger partial charge on any atom is -0.505 e. The lowest BCUT2D eigenvalue weighted by Crippen LogP contribution is -2.36. The molecule has 8 nitrogen and oxygen atoms in total. The monoisotopic (exact) mass is 381 g/mol. The van der Waals surface area contributed by atoms with Gasteiger partial charge in [0, 0.05) is 31.2 Å². The summed E-state index contributed by atoms with van der Waals surface area (Å²) in [5.74, 6) is 0.137. The minimum atomic E-state index is -0.476. The van der Waals surface area contributed by atoms with Gasteiger partial charge in [-0.1, -0.05) is 12.2 Å². The van der Waals surface area contributed by atoms with Crippen molar-refractivity contribution >= 4 is 29.3 Å². The quantitative estimate of drug-likeness (QED) is 0.587. The highest BCUT2D eigenvalue weighted by Gasteiger charge is 2.18. The zero-order valence-electron chi connectivity index (χ0n) is 15.8. The number of allylic oxidation sites excluding steroid dienone is 1. The average Bonchev–Trinajstić information content (AvgIpc) is 2.73. The smallest absolute Gasteiger partial charge is 0.274 e. The lowest BCUT2D eigenvalue weighted by Gasteiger charge is -2.27. The normalized spacial score (nSPS) is 15.2. The number of aromatic hydroxyl groups is 1. The van der Waals surface area contributed by atoms with Crippen molar-refractivity contribution in [1.82, 2.24) is 15.3 Å². The molecule has 28 heavy (non-hydrogen) atoms. The highest BCUT2D eigenvalue weighted by molar-refractivity contribution is 6.01. The van der Waals surface area contributed by atoms with Gasteiger partial charge in [-0.25, -0.2) is 9.97 Å². The number of hydrogen-bond donors (Lipinski definition) is 2. The van der Waals surface area contributed by atoms with Crippen molar-refractivity contribution in [3.05, 3.63) is 47.9 Å². The van der Waals surface area contributed by atoms with Crippen molar-refractivity contribution in [3.8, 4) is 5.75 Å². The molecule has 2 aromatic heterocycles. The lowest BCUT2D eigenvalue weighted by atomic mass is 10.2. The van der Waals surface area contributed by atoms with Gasteiger partial charge in [0.15, 0.2) is 11.4 Å². The SMILES string of the molecule is C=N/C=C(\C=C/C)CNC(=O)c1ncc2nc(N3CCOCC3)ccc2c1O. The van der Waals surface area contributed by atoms with E-state index < -0.39 is 5.91 Å². The summed E-state index contributed by atoms with van der Waals surface area (Å²) < 4.78 is 5.36. The molecule has 1 saturated heterocycles. The van der Waals surface area contributed by atoms with Crippen molar-refractivity contribution in [2.24, 2.45) is 4.99 Å². The maximum atomic E-state index is 12.5. The predicted molar refractivity (Wildman–Crippen MR) is 109 cm³/mol. The number of aliphatic imine (C=N–C) groups is 1. The molecular weight excluding hydrogens is 358 g/mol. The number of anilines is 1. The summed E-state index contributed by atoms with van der Waals surface area (Å²) in [6.07, 6.45) is 6.72. The van der Waals surface area contributed by atoms with Crippen molar-refractivity contribution in [2.45, 2.75) is 6.92 Å². The van der Waals surface area contributed by atoms with Gasteiger partial charge in [0.1, 0.15) is 5.82 Å². The first-order valence-electron chi connectivity index (χ1n) is 9.01. The number of aromatic nitrogens is 2. The number of rotatable bonds is 6. The summed E-state index contributed by atoms with van der Waals surface area (Å²) in [6.45, 7) is 8.38. The van der Waals surface area contributed by atoms with Crippen LogP contribution in [0.5, 0.6) is 5.75 Å². The number of fused-ring (bicyclic) bond motifs is 1. The van der Waals surface area contributed by atoms with E-state index in [0.717, 1.165) is 24.5 Å². The van der Waals surface area contributed by atoms with Crippen molar-refractivity contribution < 1.29 is 14.6 Å². The molecule has 3 heterocycles. The highest BCUT2D eigenvalue weighted by Crippen LogP contribution is 2.28. The van der Waals surface area contributed by atoms with Gasteiger partial charge in [-0.3, -0.25) is 9.79 Å². The molecule has 0 aliphatic carbocycles. The second-order valence-electron chi connectivity index (χ2n) is 6.23. The Bertz CT molecular complexity index is 933. The van der Waals surface area contributed by atoms with Crippen LogP contribution in [0.15, 0.2) is 47.2 Å². The maximum Gasteiger partial charge on any atom is 0.274 e. The number of nitrogens with zero attached hydrogens (tertiary/aromatic N) is 4. The largest absolute Gasteiger partial charge is 0.505 e. The Morgan fingerprint density at radius 2 is 2.21 bits per heavy atom. The van der Waals surface area contributed by atoms with Gasteiger partial charge in [0.05, 0.1) is 24.9 Å². The molecule has 2 N–H and O–H groups in total. The number of carbonyl (C=O) groups is 1. The number of hydrogen-bond acceptors (Lipinski definition) is 7. The highest BCUT2D eigenvalue weighted by atomic mass is 16.5. The van der Waals surface area contributed by atoms with Crippen LogP contribution in [-0.2, 0) is 4.74 Å². The van der Waals surface area contributed by atoms with Gasteiger partial charge in [0.2, 0.25) is 0 Å². The second-order valence-corrected chi connectivity index (χ2v) is 6.23. The Labute approximate surface area is 163 Å². The summed E-state index contributed by atoms with van der Waals surface area (Å²) in [5, 5.41) is 13.7. The van der Waals surface area contributed by atoms with Crippen LogP contribution in [0.1, 0.15) is 17.4 Å². The Morgan fingerprint density at radius 1 is 1.43 bits per heavy atom. The van der Waals surface area contributed by atoms with Crippen molar-refractivity contribution in [3.63, 3.8) is 0 Å². The van der Waals surface area contributed by atoms with E-state index in [1.54, 1.807) is 12.3 Å². The summed E-state index contributed by atoms with van der Waals surface area (Å²) in [4.78, 5) is 27.0. The summed E-state index contributed by atoms with van der Waals surface area (Å²) in [7, 11) is 0. The maximum absolute atomic E-state index is 12.5. The van der Waals surface area contributed by atoms with Crippen LogP contribution in [0.25, 0.3) is 10.9 Å². The van der Waals surface area contributed by atoms with Crippen LogP contribution in [0.3, 0.4) is 0 Å². The van der Waals surface area contributed by atoms with Crippen LogP contribution < -0.4 is 10.2 Å². The van der Waals surface area contributed by atoms with Gasteiger partial charge in [-0.05, 0) is 31.3 Å². The van der Waals surface area contributed by atoms with E-state index in [9.17, 15) is 9.90 Å². The van der Waals surface area contributed by atoms with E-state index in [0.29, 0.717) is 24.1 Å². The molecule has 8 heteroatoms. The van der Waals surface area contributed by atoms with Crippen LogP contribution >= 0.6 is 0 Å². The third-order valence-corrected chi connectivity index (χ3v) is 4.35. The Hall–Kier alpha value is -3.26. The first kappa shape index (κ1) is 19.5. The standard InChI is InChI=1S/C20H23N5O3/c1-3-4-14(11-21-2)12-23-20(27)18-19(26)15-5-6-17(24-16(15)13-22-18)25-7-9-28-10-8-25/h3-6,11,13,26H,2,7-10,12H2,1H3,(H,23,27)/b4-3-,14-11+. The molecule has 2 aromatic rings. The predicted octanol–water partition coefficient (Wildman–Crippen LogP) is 2.06. The molecular formula is C20H23N5O3. The molecule has 0 spiro atoms. The third-order valence-electron chi connectivity index (χ3n) is 4.35. The van der Waals surface area contributed by atoms with Crippen LogP contribution in [-0.4, -0.2) is 60.5 Å². The minimum absolute atomic E-state index is 0.0418. The van der Waals surface area contributed by atoms with Crippen molar-refractivity contribution in [2.75, 3.05) is 37.7 Å². The first-order chi connectivity index (χ1) is 13.6. The molecule has 0 atom stereocenters. The zero-order valence-corrected chi connectivity index (χ0v) is 15.8. The van der Waals surface area contributed by atoms with Crippen LogP contribution in [0.4, 0.5) is 5.82 Å². The van der Waals surface area contributed by atoms with E-state index in [1.807, 2.05) is 25.1 Å². The molecule has 0 bridgehead atoms. The van der Waals surface area contributed by atoms with Crippen LogP contribution in [0, 0.1) is 0 Å².